The summed E-state index contributed by atoms with van der Waals surface area (Å²) in [6, 6.07) is 0.263. The van der Waals surface area contributed by atoms with Crippen LogP contribution in [0.2, 0.25) is 13.1 Å². The summed E-state index contributed by atoms with van der Waals surface area (Å²) in [7, 11) is -0.810. The Morgan fingerprint density at radius 1 is 1.46 bits per heavy atom. The van der Waals surface area contributed by atoms with E-state index >= 15 is 0 Å². The lowest BCUT2D eigenvalue weighted by atomic mass is 10.00. The molecule has 0 amide bonds. The van der Waals surface area contributed by atoms with E-state index in [0.29, 0.717) is 0 Å². The van der Waals surface area contributed by atoms with Crippen molar-refractivity contribution in [2.75, 3.05) is 6.61 Å². The van der Waals surface area contributed by atoms with Crippen LogP contribution in [-0.2, 0) is 4.74 Å². The largest absolute Gasteiger partial charge is 0.377 e. The van der Waals surface area contributed by atoms with E-state index in [4.69, 9.17) is 10.5 Å². The first-order valence-corrected chi connectivity index (χ1v) is 8.41. The van der Waals surface area contributed by atoms with Crippen LogP contribution in [0.3, 0.4) is 0 Å². The van der Waals surface area contributed by atoms with Crippen molar-refractivity contribution in [3.63, 3.8) is 0 Å². The molecule has 1 rings (SSSR count). The van der Waals surface area contributed by atoms with Crippen LogP contribution >= 0.6 is 0 Å². The number of hydrogen-bond acceptors (Lipinski definition) is 2. The van der Waals surface area contributed by atoms with Gasteiger partial charge in [0.05, 0.1) is 14.0 Å². The van der Waals surface area contributed by atoms with Gasteiger partial charge in [-0.05, 0) is 25.7 Å². The Labute approximate surface area is 83.4 Å². The second kappa shape index (κ2) is 4.58. The predicted octanol–water partition coefficient (Wildman–Crippen LogP) is 1.69. The Bertz CT molecular complexity index is 155. The van der Waals surface area contributed by atoms with E-state index in [1.807, 2.05) is 0 Å². The first kappa shape index (κ1) is 11.2. The minimum atomic E-state index is -0.810. The molecule has 1 heterocycles. The van der Waals surface area contributed by atoms with Gasteiger partial charge >= 0.3 is 0 Å². The van der Waals surface area contributed by atoms with Crippen molar-refractivity contribution >= 4 is 8.80 Å². The Morgan fingerprint density at radius 3 is 2.54 bits per heavy atom. The van der Waals surface area contributed by atoms with Crippen molar-refractivity contribution < 1.29 is 4.74 Å². The van der Waals surface area contributed by atoms with Gasteiger partial charge in [-0.3, -0.25) is 0 Å². The van der Waals surface area contributed by atoms with Gasteiger partial charge in [0.2, 0.25) is 0 Å². The van der Waals surface area contributed by atoms with Crippen LogP contribution in [0.15, 0.2) is 0 Å². The molecule has 0 aromatic carbocycles. The summed E-state index contributed by atoms with van der Waals surface area (Å²) < 4.78 is 6.02. The average molecular weight is 201 g/mol. The first-order chi connectivity index (χ1) is 6.13. The fourth-order valence-corrected chi connectivity index (χ4v) is 4.68. The smallest absolute Gasteiger partial charge is 0.0715 e. The minimum Gasteiger partial charge on any atom is -0.377 e. The molecule has 2 atom stereocenters. The lowest BCUT2D eigenvalue weighted by Crippen LogP contribution is -2.59. The molecule has 0 spiro atoms. The maximum absolute atomic E-state index is 6.19. The molecule has 1 aliphatic heterocycles. The zero-order valence-corrected chi connectivity index (χ0v) is 10.3. The molecular formula is C10H23NOSi. The molecule has 0 bridgehead atoms. The van der Waals surface area contributed by atoms with Crippen LogP contribution in [0, 0.1) is 0 Å². The van der Waals surface area contributed by atoms with Crippen LogP contribution in [0.1, 0.15) is 32.6 Å². The lowest BCUT2D eigenvalue weighted by Gasteiger charge is -2.44. The normalized spacial score (nSPS) is 32.1. The standard InChI is InChI=1S/C10H23NOSi/c1-4-9(11)10(13(2)3)7-5-6-8-12-10/h9,13H,4-8,11H2,1-3H3. The van der Waals surface area contributed by atoms with Gasteiger partial charge in [-0.2, -0.15) is 0 Å². The van der Waals surface area contributed by atoms with Crippen molar-refractivity contribution in [2.24, 2.45) is 5.73 Å². The SMILES string of the molecule is CCC(N)C1([SiH](C)C)CCCCO1. The maximum atomic E-state index is 6.19. The topological polar surface area (TPSA) is 35.2 Å². The summed E-state index contributed by atoms with van der Waals surface area (Å²) in [5.41, 5.74) is 6.19. The highest BCUT2D eigenvalue weighted by Gasteiger charge is 2.41. The molecule has 1 saturated heterocycles. The summed E-state index contributed by atoms with van der Waals surface area (Å²) in [5.74, 6) is 0. The van der Waals surface area contributed by atoms with Crippen molar-refractivity contribution in [3.8, 4) is 0 Å². The molecule has 0 aliphatic carbocycles. The van der Waals surface area contributed by atoms with Crippen molar-refractivity contribution in [3.05, 3.63) is 0 Å². The van der Waals surface area contributed by atoms with E-state index in [0.717, 1.165) is 13.0 Å². The van der Waals surface area contributed by atoms with Gasteiger partial charge in [-0.15, -0.1) is 0 Å². The zero-order valence-electron chi connectivity index (χ0n) is 9.18. The number of rotatable bonds is 3. The van der Waals surface area contributed by atoms with Crippen LogP contribution in [0.5, 0.6) is 0 Å². The summed E-state index contributed by atoms with van der Waals surface area (Å²) >= 11 is 0. The van der Waals surface area contributed by atoms with E-state index < -0.39 is 8.80 Å². The van der Waals surface area contributed by atoms with Crippen LogP contribution in [0.4, 0.5) is 0 Å². The third-order valence-electron chi connectivity index (χ3n) is 3.38. The summed E-state index contributed by atoms with van der Waals surface area (Å²) in [5, 5.41) is 0.104. The Balaban J connectivity index is 2.72. The van der Waals surface area contributed by atoms with E-state index in [2.05, 4.69) is 20.0 Å². The molecular weight excluding hydrogens is 178 g/mol. The van der Waals surface area contributed by atoms with Gasteiger partial charge in [0.1, 0.15) is 0 Å². The third kappa shape index (κ3) is 2.14. The molecule has 1 fully saturated rings. The monoisotopic (exact) mass is 201 g/mol. The molecule has 2 N–H and O–H groups in total. The Hall–Kier alpha value is 0.137. The van der Waals surface area contributed by atoms with Gasteiger partial charge in [0, 0.05) is 12.6 Å². The number of ether oxygens (including phenoxy) is 1. The molecule has 2 unspecified atom stereocenters. The van der Waals surface area contributed by atoms with Crippen LogP contribution in [-0.4, -0.2) is 26.7 Å². The summed E-state index contributed by atoms with van der Waals surface area (Å²) in [6.07, 6.45) is 4.77. The highest BCUT2D eigenvalue weighted by molar-refractivity contribution is 6.59. The van der Waals surface area contributed by atoms with E-state index in [1.165, 1.54) is 19.3 Å². The molecule has 78 valence electrons. The van der Waals surface area contributed by atoms with Crippen molar-refractivity contribution in [1.29, 1.82) is 0 Å². The molecule has 0 aromatic heterocycles. The molecule has 0 radical (unpaired) electrons. The second-order valence-electron chi connectivity index (χ2n) is 4.43. The summed E-state index contributed by atoms with van der Waals surface area (Å²) in [4.78, 5) is 0. The first-order valence-electron chi connectivity index (χ1n) is 5.53. The maximum Gasteiger partial charge on any atom is 0.0715 e. The molecule has 1 aliphatic rings. The Morgan fingerprint density at radius 2 is 2.15 bits per heavy atom. The lowest BCUT2D eigenvalue weighted by molar-refractivity contribution is -0.0393. The van der Waals surface area contributed by atoms with E-state index in [-0.39, 0.29) is 11.3 Å². The van der Waals surface area contributed by atoms with Gasteiger partial charge in [0.15, 0.2) is 0 Å². The second-order valence-corrected chi connectivity index (χ2v) is 7.72. The highest BCUT2D eigenvalue weighted by Crippen LogP contribution is 2.31. The van der Waals surface area contributed by atoms with E-state index in [1.54, 1.807) is 0 Å². The summed E-state index contributed by atoms with van der Waals surface area (Å²) in [6.45, 7) is 7.82. The molecule has 13 heavy (non-hydrogen) atoms. The predicted molar refractivity (Wildman–Crippen MR) is 59.7 cm³/mol. The van der Waals surface area contributed by atoms with Crippen LogP contribution < -0.4 is 5.73 Å². The minimum absolute atomic E-state index is 0.104. The van der Waals surface area contributed by atoms with Gasteiger partial charge in [-0.25, -0.2) is 0 Å². The van der Waals surface area contributed by atoms with Crippen molar-refractivity contribution in [1.82, 2.24) is 0 Å². The number of nitrogens with two attached hydrogens (primary N) is 1. The molecule has 0 aromatic rings. The fourth-order valence-electron chi connectivity index (χ4n) is 2.36. The highest BCUT2D eigenvalue weighted by atomic mass is 28.3. The fraction of sp³-hybridized carbons (Fsp3) is 1.00. The number of hydrogen-bond donors (Lipinski definition) is 1. The van der Waals surface area contributed by atoms with Gasteiger partial charge < -0.3 is 10.5 Å². The van der Waals surface area contributed by atoms with E-state index in [9.17, 15) is 0 Å². The average Bonchev–Trinajstić information content (AvgIpc) is 2.17. The zero-order chi connectivity index (χ0) is 9.90. The van der Waals surface area contributed by atoms with Gasteiger partial charge in [0.25, 0.3) is 0 Å². The molecule has 0 saturated carbocycles. The third-order valence-corrected chi connectivity index (χ3v) is 6.22. The molecule has 3 heteroatoms. The molecule has 2 nitrogen and oxygen atoms in total. The van der Waals surface area contributed by atoms with Crippen molar-refractivity contribution in [2.45, 2.75) is 57.0 Å². The quantitative estimate of drug-likeness (QED) is 0.705. The van der Waals surface area contributed by atoms with Crippen LogP contribution in [0.25, 0.3) is 0 Å². The van der Waals surface area contributed by atoms with Gasteiger partial charge in [-0.1, -0.05) is 20.0 Å². The Kier molecular flexibility index (Phi) is 3.95.